The lowest BCUT2D eigenvalue weighted by molar-refractivity contribution is -0.384. The van der Waals surface area contributed by atoms with Crippen molar-refractivity contribution in [2.45, 2.75) is 6.18 Å². The number of fused-ring (bicyclic) bond motifs is 3. The molecule has 1 aliphatic rings. The number of aromatic nitrogens is 2. The van der Waals surface area contributed by atoms with Crippen molar-refractivity contribution in [3.63, 3.8) is 0 Å². The molecule has 0 saturated heterocycles. The van der Waals surface area contributed by atoms with E-state index in [2.05, 4.69) is 9.97 Å². The first-order chi connectivity index (χ1) is 9.79. The summed E-state index contributed by atoms with van der Waals surface area (Å²) in [6, 6.07) is 3.49. The Morgan fingerprint density at radius 2 is 1.86 bits per heavy atom. The SMILES string of the molecule is O=C1c2cc([N+](=O)[O-])ccc2-c2cnc(C(F)(F)F)nc21. The number of ketones is 1. The first-order valence-electron chi connectivity index (χ1n) is 5.57. The Labute approximate surface area is 114 Å². The minimum atomic E-state index is -4.77. The number of hydrogen-bond acceptors (Lipinski definition) is 5. The average Bonchev–Trinajstić information content (AvgIpc) is 2.70. The van der Waals surface area contributed by atoms with Crippen LogP contribution in [0.1, 0.15) is 21.9 Å². The third-order valence-electron chi connectivity index (χ3n) is 3.01. The summed E-state index contributed by atoms with van der Waals surface area (Å²) in [5, 5.41) is 10.7. The van der Waals surface area contributed by atoms with Crippen molar-refractivity contribution in [3.8, 4) is 11.1 Å². The van der Waals surface area contributed by atoms with Crippen molar-refractivity contribution in [2.24, 2.45) is 0 Å². The summed E-state index contributed by atoms with van der Waals surface area (Å²) >= 11 is 0. The lowest BCUT2D eigenvalue weighted by atomic mass is 10.1. The third-order valence-corrected chi connectivity index (χ3v) is 3.01. The van der Waals surface area contributed by atoms with Gasteiger partial charge >= 0.3 is 6.18 Å². The molecule has 0 aliphatic heterocycles. The van der Waals surface area contributed by atoms with Gasteiger partial charge in [-0.05, 0) is 11.6 Å². The molecule has 0 amide bonds. The van der Waals surface area contributed by atoms with Gasteiger partial charge in [-0.15, -0.1) is 0 Å². The number of nitro groups is 1. The van der Waals surface area contributed by atoms with Crippen LogP contribution in [0.4, 0.5) is 18.9 Å². The van der Waals surface area contributed by atoms with Crippen LogP contribution in [0.2, 0.25) is 0 Å². The van der Waals surface area contributed by atoms with Gasteiger partial charge in [-0.1, -0.05) is 0 Å². The highest BCUT2D eigenvalue weighted by Crippen LogP contribution is 2.38. The smallest absolute Gasteiger partial charge is 0.287 e. The fourth-order valence-corrected chi connectivity index (χ4v) is 2.08. The van der Waals surface area contributed by atoms with E-state index in [0.717, 1.165) is 12.3 Å². The van der Waals surface area contributed by atoms with E-state index in [1.807, 2.05) is 0 Å². The number of rotatable bonds is 1. The molecule has 0 radical (unpaired) electrons. The van der Waals surface area contributed by atoms with E-state index in [1.165, 1.54) is 12.1 Å². The van der Waals surface area contributed by atoms with E-state index in [4.69, 9.17) is 0 Å². The van der Waals surface area contributed by atoms with Crippen LogP contribution in [0.25, 0.3) is 11.1 Å². The minimum absolute atomic E-state index is 0.0483. The average molecular weight is 295 g/mol. The number of non-ortho nitro benzene ring substituents is 1. The number of benzene rings is 1. The van der Waals surface area contributed by atoms with Gasteiger partial charge < -0.3 is 0 Å². The van der Waals surface area contributed by atoms with Crippen LogP contribution in [0.15, 0.2) is 24.4 Å². The predicted molar refractivity (Wildman–Crippen MR) is 62.6 cm³/mol. The molecule has 106 valence electrons. The van der Waals surface area contributed by atoms with Gasteiger partial charge in [-0.25, -0.2) is 9.97 Å². The van der Waals surface area contributed by atoms with Gasteiger partial charge in [0.05, 0.1) is 4.92 Å². The standard InChI is InChI=1S/C12H4F3N3O3/c13-12(14,15)11-16-4-8-6-2-1-5(18(20)21)3-7(6)10(19)9(8)17-11/h1-4H. The maximum atomic E-state index is 12.6. The fourth-order valence-electron chi connectivity index (χ4n) is 2.08. The second kappa shape index (κ2) is 4.08. The highest BCUT2D eigenvalue weighted by Gasteiger charge is 2.38. The Balaban J connectivity index is 2.18. The summed E-state index contributed by atoms with van der Waals surface area (Å²) in [6.07, 6.45) is -3.86. The number of nitrogens with zero attached hydrogens (tertiary/aromatic N) is 3. The van der Waals surface area contributed by atoms with E-state index in [9.17, 15) is 28.1 Å². The summed E-state index contributed by atoms with van der Waals surface area (Å²) in [5.41, 5.74) is -0.341. The molecular formula is C12H4F3N3O3. The van der Waals surface area contributed by atoms with Crippen molar-refractivity contribution in [1.29, 1.82) is 0 Å². The van der Waals surface area contributed by atoms with E-state index >= 15 is 0 Å². The van der Waals surface area contributed by atoms with E-state index in [0.29, 0.717) is 0 Å². The molecule has 0 spiro atoms. The molecular weight excluding hydrogens is 291 g/mol. The zero-order chi connectivity index (χ0) is 15.4. The lowest BCUT2D eigenvalue weighted by Crippen LogP contribution is -2.13. The molecule has 0 bridgehead atoms. The molecule has 0 unspecified atom stereocenters. The maximum absolute atomic E-state index is 12.6. The molecule has 1 aromatic heterocycles. The van der Waals surface area contributed by atoms with E-state index in [-0.39, 0.29) is 22.4 Å². The molecule has 9 heteroatoms. The number of carbonyl (C=O) groups excluding carboxylic acids is 1. The summed E-state index contributed by atoms with van der Waals surface area (Å²) < 4.78 is 37.7. The molecule has 21 heavy (non-hydrogen) atoms. The Morgan fingerprint density at radius 1 is 1.14 bits per heavy atom. The third kappa shape index (κ3) is 1.93. The summed E-state index contributed by atoms with van der Waals surface area (Å²) in [4.78, 5) is 28.5. The molecule has 6 nitrogen and oxygen atoms in total. The van der Waals surface area contributed by atoms with Gasteiger partial charge in [0.15, 0.2) is 0 Å². The van der Waals surface area contributed by atoms with Gasteiger partial charge in [-0.3, -0.25) is 14.9 Å². The van der Waals surface area contributed by atoms with Crippen LogP contribution in [-0.4, -0.2) is 20.7 Å². The van der Waals surface area contributed by atoms with Gasteiger partial charge in [0.2, 0.25) is 11.6 Å². The molecule has 1 heterocycles. The second-order valence-corrected chi connectivity index (χ2v) is 4.27. The molecule has 0 atom stereocenters. The van der Waals surface area contributed by atoms with Gasteiger partial charge in [-0.2, -0.15) is 13.2 Å². The van der Waals surface area contributed by atoms with Gasteiger partial charge in [0, 0.05) is 29.5 Å². The summed E-state index contributed by atoms with van der Waals surface area (Å²) in [5.74, 6) is -2.20. The molecule has 1 aromatic carbocycles. The zero-order valence-electron chi connectivity index (χ0n) is 10.0. The van der Waals surface area contributed by atoms with Crippen LogP contribution >= 0.6 is 0 Å². The highest BCUT2D eigenvalue weighted by atomic mass is 19.4. The predicted octanol–water partition coefficient (Wildman–Crippen LogP) is 2.62. The minimum Gasteiger partial charge on any atom is -0.287 e. The van der Waals surface area contributed by atoms with Crippen LogP contribution in [0.5, 0.6) is 0 Å². The van der Waals surface area contributed by atoms with Crippen molar-refractivity contribution < 1.29 is 22.9 Å². The quantitative estimate of drug-likeness (QED) is 0.509. The Hall–Kier alpha value is -2.84. The van der Waals surface area contributed by atoms with Crippen molar-refractivity contribution >= 4 is 11.5 Å². The number of hydrogen-bond donors (Lipinski definition) is 0. The largest absolute Gasteiger partial charge is 0.451 e. The Bertz CT molecular complexity index is 802. The van der Waals surface area contributed by atoms with Gasteiger partial charge in [0.1, 0.15) is 5.69 Å². The highest BCUT2D eigenvalue weighted by molar-refractivity contribution is 6.20. The topological polar surface area (TPSA) is 86.0 Å². The normalized spacial score (nSPS) is 13.0. The first kappa shape index (κ1) is 13.2. The van der Waals surface area contributed by atoms with Crippen molar-refractivity contribution in [2.75, 3.05) is 0 Å². The number of carbonyl (C=O) groups is 1. The first-order valence-corrected chi connectivity index (χ1v) is 5.57. The van der Waals surface area contributed by atoms with Crippen LogP contribution in [0, 0.1) is 10.1 Å². The number of halogens is 3. The fraction of sp³-hybridized carbons (Fsp3) is 0.0833. The van der Waals surface area contributed by atoms with Gasteiger partial charge in [0.25, 0.3) is 5.69 Å². The molecule has 1 aliphatic carbocycles. The number of nitro benzene ring substituents is 1. The second-order valence-electron chi connectivity index (χ2n) is 4.27. The summed E-state index contributed by atoms with van der Waals surface area (Å²) in [6.45, 7) is 0. The summed E-state index contributed by atoms with van der Waals surface area (Å²) in [7, 11) is 0. The molecule has 3 rings (SSSR count). The van der Waals surface area contributed by atoms with Crippen LogP contribution in [-0.2, 0) is 6.18 Å². The molecule has 0 saturated carbocycles. The monoisotopic (exact) mass is 295 g/mol. The molecule has 2 aromatic rings. The molecule has 0 fully saturated rings. The molecule has 0 N–H and O–H groups in total. The Kier molecular flexibility index (Phi) is 2.55. The van der Waals surface area contributed by atoms with E-state index < -0.39 is 28.4 Å². The number of alkyl halides is 3. The van der Waals surface area contributed by atoms with E-state index in [1.54, 1.807) is 0 Å². The zero-order valence-corrected chi connectivity index (χ0v) is 10.0. The Morgan fingerprint density at radius 3 is 2.48 bits per heavy atom. The maximum Gasteiger partial charge on any atom is 0.451 e. The van der Waals surface area contributed by atoms with Crippen molar-refractivity contribution in [3.05, 3.63) is 51.6 Å². The van der Waals surface area contributed by atoms with Crippen LogP contribution < -0.4 is 0 Å². The van der Waals surface area contributed by atoms with Crippen LogP contribution in [0.3, 0.4) is 0 Å². The lowest BCUT2D eigenvalue weighted by Gasteiger charge is -2.05. The van der Waals surface area contributed by atoms with Crippen molar-refractivity contribution in [1.82, 2.24) is 9.97 Å².